The van der Waals surface area contributed by atoms with Crippen molar-refractivity contribution in [1.29, 1.82) is 0 Å². The van der Waals surface area contributed by atoms with Gasteiger partial charge in [0.15, 0.2) is 0 Å². The number of hydrogen-bond donors (Lipinski definition) is 1. The molecule has 0 fully saturated rings. The molecule has 0 aromatic carbocycles. The van der Waals surface area contributed by atoms with Crippen molar-refractivity contribution < 1.29 is 14.7 Å². The molecule has 0 rings (SSSR count). The molecule has 0 saturated heterocycles. The van der Waals surface area contributed by atoms with Crippen LogP contribution in [0.1, 0.15) is 0 Å². The largest absolute Gasteiger partial charge is 0.399 e. The summed E-state index contributed by atoms with van der Waals surface area (Å²) < 4.78 is 0. The van der Waals surface area contributed by atoms with Crippen LogP contribution in [0.15, 0.2) is 5.16 Å². The van der Waals surface area contributed by atoms with E-state index < -0.39 is 5.91 Å². The Morgan fingerprint density at radius 2 is 2.50 bits per heavy atom. The summed E-state index contributed by atoms with van der Waals surface area (Å²) in [5, 5.41) is 15.3. The maximum Gasteiger partial charge on any atom is 0.265 e. The van der Waals surface area contributed by atoms with Gasteiger partial charge in [0, 0.05) is 6.54 Å². The van der Waals surface area contributed by atoms with Crippen LogP contribution in [0.25, 0.3) is 0 Å². The first-order valence-electron chi connectivity index (χ1n) is 2.73. The van der Waals surface area contributed by atoms with Gasteiger partial charge in [-0.05, 0) is 0 Å². The summed E-state index contributed by atoms with van der Waals surface area (Å²) in [4.78, 5) is 14.7. The first kappa shape index (κ1) is 8.90. The lowest BCUT2D eigenvalue weighted by atomic mass is 10.6. The molecule has 5 heteroatoms. The number of nitrogens with one attached hydrogen (secondary N) is 1. The quantitative estimate of drug-likeness (QED) is 0.414. The highest BCUT2D eigenvalue weighted by Gasteiger charge is 1.92. The zero-order valence-electron chi connectivity index (χ0n) is 5.66. The summed E-state index contributed by atoms with van der Waals surface area (Å²) in [6, 6.07) is 0. The molecule has 0 bridgehead atoms. The summed E-state index contributed by atoms with van der Waals surface area (Å²) in [7, 11) is 1.33. The molecule has 5 nitrogen and oxygen atoms in total. The predicted molar refractivity (Wildman–Crippen MR) is 34.1 cm³/mol. The first-order valence-corrected chi connectivity index (χ1v) is 2.73. The maximum absolute atomic E-state index is 10.5. The van der Waals surface area contributed by atoms with Gasteiger partial charge in [-0.2, -0.15) is 0 Å². The van der Waals surface area contributed by atoms with Crippen molar-refractivity contribution in [3.63, 3.8) is 0 Å². The van der Waals surface area contributed by atoms with Crippen molar-refractivity contribution in [3.05, 3.63) is 0 Å². The molecule has 0 aliphatic rings. The number of rotatable bonds is 4. The van der Waals surface area contributed by atoms with Crippen LogP contribution >= 0.6 is 0 Å². The first-order chi connectivity index (χ1) is 4.81. The second-order valence-corrected chi connectivity index (χ2v) is 1.41. The van der Waals surface area contributed by atoms with E-state index in [1.165, 1.54) is 7.11 Å². The van der Waals surface area contributed by atoms with Crippen LogP contribution in [0, 0.1) is 0 Å². The summed E-state index contributed by atoms with van der Waals surface area (Å²) in [5.74, 6) is -0.419. The molecule has 1 amide bonds. The second kappa shape index (κ2) is 6.03. The molecule has 0 aliphatic carbocycles. The minimum Gasteiger partial charge on any atom is -0.399 e. The highest BCUT2D eigenvalue weighted by atomic mass is 16.6. The van der Waals surface area contributed by atoms with E-state index in [0.29, 0.717) is 0 Å². The van der Waals surface area contributed by atoms with Crippen molar-refractivity contribution in [2.45, 2.75) is 0 Å². The fourth-order valence-electron chi connectivity index (χ4n) is 0.320. The van der Waals surface area contributed by atoms with Gasteiger partial charge in [-0.15, -0.1) is 0 Å². The monoisotopic (exact) mass is 145 g/mol. The molecule has 0 spiro atoms. The van der Waals surface area contributed by atoms with Crippen LogP contribution < -0.4 is 5.32 Å². The average molecular weight is 145 g/mol. The van der Waals surface area contributed by atoms with Gasteiger partial charge in [0.2, 0.25) is 0 Å². The molecular formula is C5H9N2O3. The highest BCUT2D eigenvalue weighted by molar-refractivity contribution is 6.26. The molecule has 1 radical (unpaired) electrons. The Kier molecular flexibility index (Phi) is 5.36. The molecule has 0 atom stereocenters. The summed E-state index contributed by atoms with van der Waals surface area (Å²) in [6.45, 7) is -0.207. The predicted octanol–water partition coefficient (Wildman–Crippen LogP) is -0.835. The summed E-state index contributed by atoms with van der Waals surface area (Å²) in [5.41, 5.74) is 0. The van der Waals surface area contributed by atoms with Crippen LogP contribution in [0.4, 0.5) is 0 Å². The average Bonchev–Trinajstić information content (AvgIpc) is 1.97. The van der Waals surface area contributed by atoms with Gasteiger partial charge in [0.25, 0.3) is 5.91 Å². The molecule has 0 unspecified atom stereocenters. The highest BCUT2D eigenvalue weighted by Crippen LogP contribution is 1.65. The van der Waals surface area contributed by atoms with Gasteiger partial charge < -0.3 is 10.2 Å². The molecule has 0 heterocycles. The van der Waals surface area contributed by atoms with Crippen LogP contribution in [0.2, 0.25) is 0 Å². The Balaban J connectivity index is 3.34. The van der Waals surface area contributed by atoms with E-state index >= 15 is 0 Å². The Labute approximate surface area is 58.7 Å². The molecule has 0 aliphatic heterocycles. The number of hydrogen-bond acceptors (Lipinski definition) is 3. The van der Waals surface area contributed by atoms with E-state index in [2.05, 4.69) is 15.3 Å². The number of amides is 1. The number of nitrogens with zero attached hydrogens (tertiary/aromatic N) is 1. The van der Waals surface area contributed by atoms with Gasteiger partial charge >= 0.3 is 0 Å². The summed E-state index contributed by atoms with van der Waals surface area (Å²) >= 11 is 0. The Morgan fingerprint density at radius 1 is 1.80 bits per heavy atom. The third-order valence-electron chi connectivity index (χ3n) is 0.677. The topological polar surface area (TPSA) is 70.6 Å². The van der Waals surface area contributed by atoms with Crippen molar-refractivity contribution in [2.24, 2.45) is 5.16 Å². The lowest BCUT2D eigenvalue weighted by Crippen LogP contribution is -2.26. The minimum atomic E-state index is -0.419. The van der Waals surface area contributed by atoms with E-state index in [1.807, 2.05) is 0 Å². The van der Waals surface area contributed by atoms with Gasteiger partial charge in [0.05, 0.1) is 6.61 Å². The Bertz CT molecular complexity index is 124. The lowest BCUT2D eigenvalue weighted by Gasteiger charge is -1.93. The Morgan fingerprint density at radius 3 is 3.00 bits per heavy atom. The fraction of sp³-hybridized carbons (Fsp3) is 0.600. The molecule has 1 N–H and O–H groups in total. The van der Waals surface area contributed by atoms with Crippen molar-refractivity contribution in [2.75, 3.05) is 20.3 Å². The third-order valence-corrected chi connectivity index (χ3v) is 0.677. The lowest BCUT2D eigenvalue weighted by molar-refractivity contribution is -0.114. The van der Waals surface area contributed by atoms with Crippen LogP contribution in [0.5, 0.6) is 0 Å². The molecule has 10 heavy (non-hydrogen) atoms. The molecule has 0 aromatic rings. The van der Waals surface area contributed by atoms with Gasteiger partial charge in [-0.1, -0.05) is 5.16 Å². The normalized spacial score (nSPS) is 9.80. The van der Waals surface area contributed by atoms with Gasteiger partial charge in [0.1, 0.15) is 13.3 Å². The third kappa shape index (κ3) is 5.04. The second-order valence-electron chi connectivity index (χ2n) is 1.41. The van der Waals surface area contributed by atoms with Crippen molar-refractivity contribution in [3.8, 4) is 0 Å². The fourth-order valence-corrected chi connectivity index (χ4v) is 0.320. The zero-order valence-corrected chi connectivity index (χ0v) is 5.66. The molecule has 0 aromatic heterocycles. The van der Waals surface area contributed by atoms with Crippen LogP contribution in [0.3, 0.4) is 0 Å². The number of oxime groups is 1. The van der Waals surface area contributed by atoms with E-state index in [4.69, 9.17) is 0 Å². The minimum absolute atomic E-state index is 0.120. The Hall–Kier alpha value is -1.10. The SMILES string of the molecule is CON=CC(=O)NCC[O]. The van der Waals surface area contributed by atoms with Gasteiger partial charge in [-0.3, -0.25) is 4.79 Å². The van der Waals surface area contributed by atoms with E-state index in [1.54, 1.807) is 0 Å². The standard InChI is InChI=1S/C5H9N2O3/c1-10-7-4-5(9)6-2-3-8/h4H,2-3H2,1H3,(H,6,9). The molecule has 57 valence electrons. The van der Waals surface area contributed by atoms with E-state index in [9.17, 15) is 9.90 Å². The number of carbonyl (C=O) groups is 1. The van der Waals surface area contributed by atoms with Crippen LogP contribution in [-0.4, -0.2) is 32.4 Å². The molecular weight excluding hydrogens is 136 g/mol. The van der Waals surface area contributed by atoms with Gasteiger partial charge in [-0.25, -0.2) is 5.11 Å². The van der Waals surface area contributed by atoms with E-state index in [-0.39, 0.29) is 13.2 Å². The summed E-state index contributed by atoms with van der Waals surface area (Å²) in [6.07, 6.45) is 0.968. The number of carbonyl (C=O) groups excluding carboxylic acids is 1. The van der Waals surface area contributed by atoms with Crippen LogP contribution in [-0.2, 0) is 14.7 Å². The van der Waals surface area contributed by atoms with Crippen molar-refractivity contribution >= 4 is 12.1 Å². The zero-order chi connectivity index (χ0) is 7.82. The van der Waals surface area contributed by atoms with Crippen molar-refractivity contribution in [1.82, 2.24) is 5.32 Å². The molecule has 0 saturated carbocycles. The smallest absolute Gasteiger partial charge is 0.265 e. The maximum atomic E-state index is 10.5. The van der Waals surface area contributed by atoms with E-state index in [0.717, 1.165) is 6.21 Å².